The lowest BCUT2D eigenvalue weighted by atomic mass is 9.84. The Balaban J connectivity index is 1.32. The van der Waals surface area contributed by atoms with Gasteiger partial charge in [0.25, 0.3) is 10.0 Å². The number of nitrogens with one attached hydrogen (secondary N) is 1. The van der Waals surface area contributed by atoms with Crippen LogP contribution >= 0.6 is 0 Å². The standard InChI is InChI=1S/C26H32N4O4S/c1-29-16-26(27-19-29)35(31,32)30-14-24(21-9-6-12-33-18-21)25(15-30)28-22-10-5-11-23(13-22)34-17-20-7-3-2-4-8-20/h2-5,7-8,10-11,13,16,19,21,24-25,28H,6,9,12,14-15,17-18H2,1H3/t21-,24-,25+/m1/s1. The van der Waals surface area contributed by atoms with Crippen molar-refractivity contribution in [3.8, 4) is 5.75 Å². The molecule has 35 heavy (non-hydrogen) atoms. The van der Waals surface area contributed by atoms with Gasteiger partial charge in [-0.1, -0.05) is 36.4 Å². The van der Waals surface area contributed by atoms with Crippen molar-refractivity contribution < 1.29 is 17.9 Å². The molecule has 1 aromatic heterocycles. The van der Waals surface area contributed by atoms with E-state index in [0.29, 0.717) is 32.2 Å². The van der Waals surface area contributed by atoms with Crippen molar-refractivity contribution >= 4 is 15.7 Å². The summed E-state index contributed by atoms with van der Waals surface area (Å²) >= 11 is 0. The van der Waals surface area contributed by atoms with Gasteiger partial charge < -0.3 is 19.4 Å². The lowest BCUT2D eigenvalue weighted by molar-refractivity contribution is 0.0317. The van der Waals surface area contributed by atoms with Crippen LogP contribution in [-0.4, -0.2) is 54.6 Å². The zero-order valence-electron chi connectivity index (χ0n) is 19.9. The summed E-state index contributed by atoms with van der Waals surface area (Å²) in [6.07, 6.45) is 5.12. The van der Waals surface area contributed by atoms with Gasteiger partial charge in [0.2, 0.25) is 0 Å². The van der Waals surface area contributed by atoms with Crippen LogP contribution in [0.1, 0.15) is 18.4 Å². The van der Waals surface area contributed by atoms with E-state index in [-0.39, 0.29) is 17.0 Å². The molecule has 8 nitrogen and oxygen atoms in total. The Morgan fingerprint density at radius 3 is 2.74 bits per heavy atom. The zero-order valence-corrected chi connectivity index (χ0v) is 20.7. The van der Waals surface area contributed by atoms with Gasteiger partial charge in [0, 0.05) is 57.3 Å². The van der Waals surface area contributed by atoms with E-state index in [4.69, 9.17) is 9.47 Å². The fraction of sp³-hybridized carbons (Fsp3) is 0.423. The number of benzene rings is 2. The number of hydrogen-bond acceptors (Lipinski definition) is 6. The Morgan fingerprint density at radius 2 is 2.00 bits per heavy atom. The molecule has 0 spiro atoms. The summed E-state index contributed by atoms with van der Waals surface area (Å²) in [6, 6.07) is 17.9. The fourth-order valence-corrected chi connectivity index (χ4v) is 6.48. The van der Waals surface area contributed by atoms with Gasteiger partial charge in [-0.25, -0.2) is 13.4 Å². The lowest BCUT2D eigenvalue weighted by Gasteiger charge is -2.31. The van der Waals surface area contributed by atoms with Crippen molar-refractivity contribution in [1.29, 1.82) is 0 Å². The molecule has 0 unspecified atom stereocenters. The van der Waals surface area contributed by atoms with Crippen LogP contribution in [-0.2, 0) is 28.4 Å². The predicted molar refractivity (Wildman–Crippen MR) is 134 cm³/mol. The van der Waals surface area contributed by atoms with E-state index in [1.165, 1.54) is 6.33 Å². The first-order chi connectivity index (χ1) is 17.0. The van der Waals surface area contributed by atoms with Gasteiger partial charge in [-0.2, -0.15) is 4.31 Å². The maximum Gasteiger partial charge on any atom is 0.262 e. The van der Waals surface area contributed by atoms with Gasteiger partial charge >= 0.3 is 0 Å². The molecular formula is C26H32N4O4S. The number of anilines is 1. The van der Waals surface area contributed by atoms with Crippen LogP contribution in [0, 0.1) is 11.8 Å². The fourth-order valence-electron chi connectivity index (χ4n) is 5.01. The van der Waals surface area contributed by atoms with Crippen LogP contribution in [0.3, 0.4) is 0 Å². The van der Waals surface area contributed by atoms with Crippen LogP contribution in [0.5, 0.6) is 5.75 Å². The minimum Gasteiger partial charge on any atom is -0.489 e. The highest BCUT2D eigenvalue weighted by molar-refractivity contribution is 7.89. The van der Waals surface area contributed by atoms with Crippen molar-refractivity contribution in [3.05, 3.63) is 72.7 Å². The lowest BCUT2D eigenvalue weighted by Crippen LogP contribution is -2.36. The molecule has 3 aromatic rings. The second kappa shape index (κ2) is 10.4. The minimum absolute atomic E-state index is 0.0374. The Morgan fingerprint density at radius 1 is 1.14 bits per heavy atom. The molecule has 2 saturated heterocycles. The van der Waals surface area contributed by atoms with Crippen molar-refractivity contribution in [2.75, 3.05) is 31.6 Å². The highest BCUT2D eigenvalue weighted by atomic mass is 32.2. The van der Waals surface area contributed by atoms with Crippen LogP contribution < -0.4 is 10.1 Å². The summed E-state index contributed by atoms with van der Waals surface area (Å²) in [4.78, 5) is 4.11. The first-order valence-corrected chi connectivity index (χ1v) is 13.5. The van der Waals surface area contributed by atoms with Gasteiger partial charge in [-0.3, -0.25) is 0 Å². The maximum absolute atomic E-state index is 13.3. The first kappa shape index (κ1) is 23.8. The van der Waals surface area contributed by atoms with Crippen molar-refractivity contribution in [2.24, 2.45) is 18.9 Å². The predicted octanol–water partition coefficient (Wildman–Crippen LogP) is 3.53. The van der Waals surface area contributed by atoms with Crippen LogP contribution in [0.25, 0.3) is 0 Å². The summed E-state index contributed by atoms with van der Waals surface area (Å²) < 4.78 is 41.6. The molecule has 3 heterocycles. The van der Waals surface area contributed by atoms with Crippen molar-refractivity contribution in [2.45, 2.75) is 30.5 Å². The maximum atomic E-state index is 13.3. The number of aromatic nitrogens is 2. The molecule has 2 fully saturated rings. The molecule has 3 atom stereocenters. The minimum atomic E-state index is -3.67. The van der Waals surface area contributed by atoms with Gasteiger partial charge in [-0.15, -0.1) is 0 Å². The van der Waals surface area contributed by atoms with Crippen LogP contribution in [0.4, 0.5) is 5.69 Å². The summed E-state index contributed by atoms with van der Waals surface area (Å²) in [6.45, 7) is 2.77. The molecule has 1 N–H and O–H groups in total. The molecule has 0 aliphatic carbocycles. The second-order valence-electron chi connectivity index (χ2n) is 9.39. The summed E-state index contributed by atoms with van der Waals surface area (Å²) in [5.41, 5.74) is 2.02. The number of ether oxygens (including phenoxy) is 2. The topological polar surface area (TPSA) is 85.7 Å². The molecule has 0 amide bonds. The van der Waals surface area contributed by atoms with Gasteiger partial charge in [-0.05, 0) is 42.4 Å². The molecule has 186 valence electrons. The molecule has 0 saturated carbocycles. The van der Waals surface area contributed by atoms with E-state index < -0.39 is 10.0 Å². The van der Waals surface area contributed by atoms with E-state index in [0.717, 1.165) is 36.4 Å². The molecule has 0 bridgehead atoms. The molecule has 2 aliphatic rings. The Hall–Kier alpha value is -2.88. The molecule has 2 aliphatic heterocycles. The van der Waals surface area contributed by atoms with Gasteiger partial charge in [0.15, 0.2) is 5.03 Å². The average Bonchev–Trinajstić information content (AvgIpc) is 3.52. The van der Waals surface area contributed by atoms with Crippen LogP contribution in [0.15, 0.2) is 72.1 Å². The number of hydrogen-bond donors (Lipinski definition) is 1. The summed E-state index contributed by atoms with van der Waals surface area (Å²) in [7, 11) is -1.89. The van der Waals surface area contributed by atoms with E-state index >= 15 is 0 Å². The third kappa shape index (κ3) is 5.52. The monoisotopic (exact) mass is 496 g/mol. The normalized spacial score (nSPS) is 23.3. The van der Waals surface area contributed by atoms with E-state index in [1.54, 1.807) is 22.1 Å². The summed E-state index contributed by atoms with van der Waals surface area (Å²) in [5.74, 6) is 1.22. The van der Waals surface area contributed by atoms with Gasteiger partial charge in [0.05, 0.1) is 6.33 Å². The third-order valence-corrected chi connectivity index (χ3v) is 8.57. The van der Waals surface area contributed by atoms with E-state index in [1.807, 2.05) is 54.6 Å². The summed E-state index contributed by atoms with van der Waals surface area (Å²) in [5, 5.41) is 3.71. The van der Waals surface area contributed by atoms with E-state index in [9.17, 15) is 8.42 Å². The molecule has 0 radical (unpaired) electrons. The molecule has 5 rings (SSSR count). The largest absolute Gasteiger partial charge is 0.489 e. The zero-order chi connectivity index (χ0) is 24.3. The second-order valence-corrected chi connectivity index (χ2v) is 11.3. The number of imidazole rings is 1. The number of nitrogens with zero attached hydrogens (tertiary/aromatic N) is 3. The SMILES string of the molecule is Cn1cnc(S(=O)(=O)N2C[C@H]([C@@H]3CCCOC3)[C@@H](Nc3cccc(OCc4ccccc4)c3)C2)c1. The smallest absolute Gasteiger partial charge is 0.262 e. The Kier molecular flexibility index (Phi) is 7.08. The third-order valence-electron chi connectivity index (χ3n) is 6.85. The highest BCUT2D eigenvalue weighted by Gasteiger charge is 2.43. The quantitative estimate of drug-likeness (QED) is 0.514. The molecule has 2 aromatic carbocycles. The number of rotatable bonds is 8. The Bertz CT molecular complexity index is 1220. The molecular weight excluding hydrogens is 464 g/mol. The highest BCUT2D eigenvalue weighted by Crippen LogP contribution is 2.35. The van der Waals surface area contributed by atoms with Crippen molar-refractivity contribution in [1.82, 2.24) is 13.9 Å². The molecule has 9 heteroatoms. The first-order valence-electron chi connectivity index (χ1n) is 12.1. The van der Waals surface area contributed by atoms with Crippen molar-refractivity contribution in [3.63, 3.8) is 0 Å². The van der Waals surface area contributed by atoms with Crippen LogP contribution in [0.2, 0.25) is 0 Å². The average molecular weight is 497 g/mol. The van der Waals surface area contributed by atoms with E-state index in [2.05, 4.69) is 10.3 Å². The number of sulfonamides is 1. The Labute approximate surface area is 206 Å². The van der Waals surface area contributed by atoms with Gasteiger partial charge in [0.1, 0.15) is 12.4 Å². The number of aryl methyl sites for hydroxylation is 1.